The maximum atomic E-state index is 11.9. The van der Waals surface area contributed by atoms with Gasteiger partial charge in [-0.3, -0.25) is 14.9 Å². The van der Waals surface area contributed by atoms with Gasteiger partial charge in [-0.2, -0.15) is 0 Å². The second-order valence-corrected chi connectivity index (χ2v) is 5.00. The molecule has 0 radical (unpaired) electrons. The SMILES string of the molecule is CN(CCNC(=O)c1ccc(N)c([N+](=O)[O-])c1)C1CC1. The van der Waals surface area contributed by atoms with Crippen LogP contribution in [0.15, 0.2) is 18.2 Å². The van der Waals surface area contributed by atoms with Gasteiger partial charge in [0.05, 0.1) is 4.92 Å². The topological polar surface area (TPSA) is 102 Å². The van der Waals surface area contributed by atoms with Gasteiger partial charge in [0.1, 0.15) is 5.69 Å². The van der Waals surface area contributed by atoms with Crippen LogP contribution in [0.25, 0.3) is 0 Å². The molecule has 1 aliphatic carbocycles. The molecule has 108 valence electrons. The monoisotopic (exact) mass is 278 g/mol. The molecule has 1 aromatic carbocycles. The van der Waals surface area contributed by atoms with Gasteiger partial charge in [0.15, 0.2) is 0 Å². The van der Waals surface area contributed by atoms with E-state index in [-0.39, 0.29) is 22.8 Å². The minimum absolute atomic E-state index is 0.0556. The zero-order valence-electron chi connectivity index (χ0n) is 11.3. The van der Waals surface area contributed by atoms with Crippen molar-refractivity contribution >= 4 is 17.3 Å². The molecule has 1 saturated carbocycles. The van der Waals surface area contributed by atoms with Crippen molar-refractivity contribution in [1.29, 1.82) is 0 Å². The molecular weight excluding hydrogens is 260 g/mol. The zero-order chi connectivity index (χ0) is 14.7. The first-order valence-electron chi connectivity index (χ1n) is 6.51. The first-order chi connectivity index (χ1) is 9.49. The molecule has 7 heteroatoms. The number of benzene rings is 1. The molecule has 7 nitrogen and oxygen atoms in total. The molecule has 20 heavy (non-hydrogen) atoms. The van der Waals surface area contributed by atoms with Crippen LogP contribution in [0.2, 0.25) is 0 Å². The number of anilines is 1. The molecule has 1 aromatic rings. The Morgan fingerprint density at radius 3 is 2.85 bits per heavy atom. The van der Waals surface area contributed by atoms with Crippen LogP contribution in [-0.2, 0) is 0 Å². The Hall–Kier alpha value is -2.15. The van der Waals surface area contributed by atoms with Gasteiger partial charge in [0.2, 0.25) is 0 Å². The molecule has 0 heterocycles. The molecule has 0 bridgehead atoms. The number of nitro benzene ring substituents is 1. The fourth-order valence-corrected chi connectivity index (χ4v) is 1.99. The Balaban J connectivity index is 1.91. The standard InChI is InChI=1S/C13H18N4O3/c1-16(10-3-4-10)7-6-15-13(18)9-2-5-11(14)12(8-9)17(19)20/h2,5,8,10H,3-4,6-7,14H2,1H3,(H,15,18). The van der Waals surface area contributed by atoms with Crippen LogP contribution in [0.3, 0.4) is 0 Å². The highest BCUT2D eigenvalue weighted by atomic mass is 16.6. The average molecular weight is 278 g/mol. The minimum atomic E-state index is -0.590. The number of nitrogens with two attached hydrogens (primary N) is 1. The number of hydrogen-bond acceptors (Lipinski definition) is 5. The first kappa shape index (κ1) is 14.3. The molecule has 1 amide bonds. The van der Waals surface area contributed by atoms with E-state index in [1.807, 2.05) is 7.05 Å². The third kappa shape index (κ3) is 3.45. The number of carbonyl (C=O) groups excluding carboxylic acids is 1. The van der Waals surface area contributed by atoms with Gasteiger partial charge in [0.25, 0.3) is 11.6 Å². The Kier molecular flexibility index (Phi) is 4.19. The molecule has 0 spiro atoms. The van der Waals surface area contributed by atoms with E-state index >= 15 is 0 Å². The van der Waals surface area contributed by atoms with E-state index in [1.54, 1.807) is 0 Å². The van der Waals surface area contributed by atoms with E-state index in [2.05, 4.69) is 10.2 Å². The number of likely N-dealkylation sites (N-methyl/N-ethyl adjacent to an activating group) is 1. The van der Waals surface area contributed by atoms with Crippen LogP contribution in [0.5, 0.6) is 0 Å². The van der Waals surface area contributed by atoms with Crippen LogP contribution < -0.4 is 11.1 Å². The normalized spacial score (nSPS) is 14.3. The fourth-order valence-electron chi connectivity index (χ4n) is 1.99. The Morgan fingerprint density at radius 2 is 2.25 bits per heavy atom. The Labute approximate surface area is 116 Å². The predicted molar refractivity (Wildman–Crippen MR) is 75.5 cm³/mol. The van der Waals surface area contributed by atoms with Crippen molar-refractivity contribution in [2.24, 2.45) is 0 Å². The summed E-state index contributed by atoms with van der Waals surface area (Å²) in [6.45, 7) is 1.29. The van der Waals surface area contributed by atoms with Crippen LogP contribution in [0.1, 0.15) is 23.2 Å². The summed E-state index contributed by atoms with van der Waals surface area (Å²) in [6.07, 6.45) is 2.43. The first-order valence-corrected chi connectivity index (χ1v) is 6.51. The number of rotatable bonds is 6. The van der Waals surface area contributed by atoms with Crippen molar-refractivity contribution < 1.29 is 9.72 Å². The molecule has 3 N–H and O–H groups in total. The van der Waals surface area contributed by atoms with Gasteiger partial charge in [-0.25, -0.2) is 0 Å². The summed E-state index contributed by atoms with van der Waals surface area (Å²) in [4.78, 5) is 24.3. The van der Waals surface area contributed by atoms with Gasteiger partial charge in [0, 0.05) is 30.8 Å². The predicted octanol–water partition coefficient (Wildman–Crippen LogP) is 1.00. The number of amides is 1. The summed E-state index contributed by atoms with van der Waals surface area (Å²) in [5.41, 5.74) is 5.55. The largest absolute Gasteiger partial charge is 0.393 e. The van der Waals surface area contributed by atoms with E-state index in [9.17, 15) is 14.9 Å². The van der Waals surface area contributed by atoms with E-state index in [0.717, 1.165) is 6.54 Å². The van der Waals surface area contributed by atoms with E-state index < -0.39 is 4.92 Å². The fraction of sp³-hybridized carbons (Fsp3) is 0.462. The van der Waals surface area contributed by atoms with Gasteiger partial charge in [-0.15, -0.1) is 0 Å². The second kappa shape index (κ2) is 5.87. The molecule has 0 aliphatic heterocycles. The number of nitrogen functional groups attached to an aromatic ring is 1. The molecule has 1 aliphatic rings. The summed E-state index contributed by atoms with van der Waals surface area (Å²) in [5, 5.41) is 13.5. The Bertz CT molecular complexity index is 528. The lowest BCUT2D eigenvalue weighted by Crippen LogP contribution is -2.34. The van der Waals surface area contributed by atoms with E-state index in [1.165, 1.54) is 31.0 Å². The quantitative estimate of drug-likeness (QED) is 0.459. The lowest BCUT2D eigenvalue weighted by Gasteiger charge is -2.15. The number of nitrogens with one attached hydrogen (secondary N) is 1. The van der Waals surface area contributed by atoms with Gasteiger partial charge in [-0.1, -0.05) is 0 Å². The summed E-state index contributed by atoms with van der Waals surface area (Å²) in [6, 6.07) is 4.71. The van der Waals surface area contributed by atoms with Crippen LogP contribution >= 0.6 is 0 Å². The van der Waals surface area contributed by atoms with Crippen LogP contribution in [0, 0.1) is 10.1 Å². The molecular formula is C13H18N4O3. The van der Waals surface area contributed by atoms with Crippen molar-refractivity contribution in [2.75, 3.05) is 25.9 Å². The third-order valence-electron chi connectivity index (χ3n) is 3.41. The lowest BCUT2D eigenvalue weighted by molar-refractivity contribution is -0.383. The highest BCUT2D eigenvalue weighted by Gasteiger charge is 2.25. The molecule has 0 aromatic heterocycles. The van der Waals surface area contributed by atoms with E-state index in [4.69, 9.17) is 5.73 Å². The summed E-state index contributed by atoms with van der Waals surface area (Å²) < 4.78 is 0. The van der Waals surface area contributed by atoms with Gasteiger partial charge in [-0.05, 0) is 32.0 Å². The second-order valence-electron chi connectivity index (χ2n) is 5.00. The smallest absolute Gasteiger partial charge is 0.292 e. The Morgan fingerprint density at radius 1 is 1.55 bits per heavy atom. The summed E-state index contributed by atoms with van der Waals surface area (Å²) in [7, 11) is 2.03. The molecule has 2 rings (SSSR count). The summed E-state index contributed by atoms with van der Waals surface area (Å²) >= 11 is 0. The van der Waals surface area contributed by atoms with Gasteiger partial charge < -0.3 is 16.0 Å². The maximum absolute atomic E-state index is 11.9. The van der Waals surface area contributed by atoms with E-state index in [0.29, 0.717) is 12.6 Å². The van der Waals surface area contributed by atoms with Crippen LogP contribution in [-0.4, -0.2) is 41.9 Å². The lowest BCUT2D eigenvalue weighted by atomic mass is 10.1. The molecule has 0 atom stereocenters. The van der Waals surface area contributed by atoms with Crippen LogP contribution in [0.4, 0.5) is 11.4 Å². The highest BCUT2D eigenvalue weighted by Crippen LogP contribution is 2.24. The zero-order valence-corrected chi connectivity index (χ0v) is 11.3. The molecule has 0 saturated heterocycles. The maximum Gasteiger partial charge on any atom is 0.292 e. The number of hydrogen-bond donors (Lipinski definition) is 2. The number of nitro groups is 1. The number of nitrogens with zero attached hydrogens (tertiary/aromatic N) is 2. The average Bonchev–Trinajstić information content (AvgIpc) is 3.22. The summed E-state index contributed by atoms with van der Waals surface area (Å²) in [5.74, 6) is -0.322. The molecule has 0 unspecified atom stereocenters. The number of carbonyl (C=O) groups is 1. The van der Waals surface area contributed by atoms with Crippen molar-refractivity contribution in [3.8, 4) is 0 Å². The van der Waals surface area contributed by atoms with Gasteiger partial charge >= 0.3 is 0 Å². The van der Waals surface area contributed by atoms with Crippen molar-refractivity contribution in [2.45, 2.75) is 18.9 Å². The third-order valence-corrected chi connectivity index (χ3v) is 3.41. The van der Waals surface area contributed by atoms with Crippen molar-refractivity contribution in [3.63, 3.8) is 0 Å². The highest BCUT2D eigenvalue weighted by molar-refractivity contribution is 5.95. The van der Waals surface area contributed by atoms with Crippen molar-refractivity contribution in [3.05, 3.63) is 33.9 Å². The minimum Gasteiger partial charge on any atom is -0.393 e. The molecule has 1 fully saturated rings. The van der Waals surface area contributed by atoms with Crippen molar-refractivity contribution in [1.82, 2.24) is 10.2 Å².